The highest BCUT2D eigenvalue weighted by atomic mass is 16.4. The zero-order valence-electron chi connectivity index (χ0n) is 9.95. The average Bonchev–Trinajstić information content (AvgIpc) is 2.34. The van der Waals surface area contributed by atoms with Gasteiger partial charge in [0.05, 0.1) is 5.69 Å². The van der Waals surface area contributed by atoms with Crippen LogP contribution in [0.15, 0.2) is 18.6 Å². The highest BCUT2D eigenvalue weighted by Gasteiger charge is 2.20. The quantitative estimate of drug-likeness (QED) is 0.683. The topological polar surface area (TPSA) is 100 Å². The molecule has 1 aromatic heterocycles. The maximum Gasteiger partial charge on any atom is 0.312 e. The molecule has 0 amide bonds. The average molecular weight is 252 g/mol. The molecule has 98 valence electrons. The molecule has 0 saturated heterocycles. The summed E-state index contributed by atoms with van der Waals surface area (Å²) in [7, 11) is 0. The summed E-state index contributed by atoms with van der Waals surface area (Å²) in [6.07, 6.45) is 6.94. The number of hydrogen-bond donors (Lipinski definition) is 2. The Kier molecular flexibility index (Phi) is 5.76. The number of aromatic nitrogens is 2. The largest absolute Gasteiger partial charge is 0.481 e. The zero-order chi connectivity index (χ0) is 13.4. The highest BCUT2D eigenvalue weighted by Crippen LogP contribution is 2.20. The summed E-state index contributed by atoms with van der Waals surface area (Å²) < 4.78 is 0. The van der Waals surface area contributed by atoms with Crippen molar-refractivity contribution in [2.75, 3.05) is 0 Å². The first-order chi connectivity index (χ1) is 8.61. The normalized spacial score (nSPS) is 12.0. The number of unbranched alkanes of at least 4 members (excludes halogenated alkanes) is 2. The molecule has 0 fully saturated rings. The van der Waals surface area contributed by atoms with E-state index < -0.39 is 17.9 Å². The summed E-state index contributed by atoms with van der Waals surface area (Å²) in [4.78, 5) is 29.3. The van der Waals surface area contributed by atoms with E-state index in [-0.39, 0.29) is 6.42 Å². The first-order valence-corrected chi connectivity index (χ1v) is 5.81. The molecule has 0 spiro atoms. The lowest BCUT2D eigenvalue weighted by atomic mass is 9.98. The predicted octanol–water partition coefficient (Wildman–Crippen LogP) is 1.68. The van der Waals surface area contributed by atoms with Gasteiger partial charge in [0, 0.05) is 25.0 Å². The number of carboxylic acid groups (broad SMARTS) is 2. The first kappa shape index (κ1) is 14.1. The second-order valence-corrected chi connectivity index (χ2v) is 4.01. The summed E-state index contributed by atoms with van der Waals surface area (Å²) in [6, 6.07) is 0. The van der Waals surface area contributed by atoms with Gasteiger partial charge in [0.25, 0.3) is 0 Å². The highest BCUT2D eigenvalue weighted by molar-refractivity contribution is 5.75. The fraction of sp³-hybridized carbons (Fsp3) is 0.500. The number of nitrogens with zero attached hydrogens (tertiary/aromatic N) is 2. The van der Waals surface area contributed by atoms with Gasteiger partial charge in [-0.05, 0) is 12.8 Å². The van der Waals surface area contributed by atoms with Gasteiger partial charge in [-0.1, -0.05) is 12.8 Å². The monoisotopic (exact) mass is 252 g/mol. The predicted molar refractivity (Wildman–Crippen MR) is 63.1 cm³/mol. The summed E-state index contributed by atoms with van der Waals surface area (Å²) in [5.74, 6) is -2.41. The molecule has 0 saturated carbocycles. The van der Waals surface area contributed by atoms with Gasteiger partial charge < -0.3 is 10.2 Å². The second-order valence-electron chi connectivity index (χ2n) is 4.01. The minimum Gasteiger partial charge on any atom is -0.481 e. The molecule has 1 aromatic rings. The Morgan fingerprint density at radius 1 is 1.17 bits per heavy atom. The third-order valence-corrected chi connectivity index (χ3v) is 2.62. The molecule has 1 heterocycles. The summed E-state index contributed by atoms with van der Waals surface area (Å²) >= 11 is 0. The van der Waals surface area contributed by atoms with Crippen LogP contribution >= 0.6 is 0 Å². The van der Waals surface area contributed by atoms with Gasteiger partial charge in [0.1, 0.15) is 5.92 Å². The first-order valence-electron chi connectivity index (χ1n) is 5.81. The zero-order valence-corrected chi connectivity index (χ0v) is 9.95. The van der Waals surface area contributed by atoms with E-state index in [4.69, 9.17) is 10.2 Å². The Balaban J connectivity index is 2.41. The molecule has 0 aromatic carbocycles. The van der Waals surface area contributed by atoms with Crippen molar-refractivity contribution >= 4 is 11.9 Å². The minimum atomic E-state index is -0.922. The maximum absolute atomic E-state index is 11.1. The van der Waals surface area contributed by atoms with Gasteiger partial charge in [0.2, 0.25) is 0 Å². The fourth-order valence-electron chi connectivity index (χ4n) is 1.69. The van der Waals surface area contributed by atoms with Gasteiger partial charge in [0.15, 0.2) is 0 Å². The van der Waals surface area contributed by atoms with Crippen molar-refractivity contribution in [2.45, 2.75) is 38.0 Å². The molecule has 1 unspecified atom stereocenters. The van der Waals surface area contributed by atoms with Crippen molar-refractivity contribution in [1.82, 2.24) is 9.97 Å². The molecule has 6 heteroatoms. The van der Waals surface area contributed by atoms with E-state index in [0.717, 1.165) is 0 Å². The van der Waals surface area contributed by atoms with E-state index in [1.54, 1.807) is 0 Å². The van der Waals surface area contributed by atoms with Crippen LogP contribution < -0.4 is 0 Å². The molecule has 6 nitrogen and oxygen atoms in total. The molecule has 2 N–H and O–H groups in total. The lowest BCUT2D eigenvalue weighted by Crippen LogP contribution is -2.13. The van der Waals surface area contributed by atoms with Gasteiger partial charge in [-0.15, -0.1) is 0 Å². The molecule has 0 bridgehead atoms. The van der Waals surface area contributed by atoms with Crippen molar-refractivity contribution in [3.05, 3.63) is 24.3 Å². The van der Waals surface area contributed by atoms with Crippen LogP contribution in [0.2, 0.25) is 0 Å². The Bertz CT molecular complexity index is 394. The maximum atomic E-state index is 11.1. The van der Waals surface area contributed by atoms with Crippen LogP contribution in [-0.4, -0.2) is 32.1 Å². The lowest BCUT2D eigenvalue weighted by molar-refractivity contribution is -0.139. The van der Waals surface area contributed by atoms with E-state index in [1.165, 1.54) is 18.6 Å². The third-order valence-electron chi connectivity index (χ3n) is 2.62. The molecule has 1 rings (SSSR count). The van der Waals surface area contributed by atoms with Gasteiger partial charge in [-0.25, -0.2) is 0 Å². The van der Waals surface area contributed by atoms with Crippen molar-refractivity contribution in [1.29, 1.82) is 0 Å². The van der Waals surface area contributed by atoms with Gasteiger partial charge >= 0.3 is 11.9 Å². The standard InChI is InChI=1S/C12H16N2O4/c15-11(16)5-3-1-2-4-9(12(17)18)10-8-13-6-7-14-10/h6-9H,1-5H2,(H,15,16)(H,17,18). The Morgan fingerprint density at radius 3 is 2.50 bits per heavy atom. The Morgan fingerprint density at radius 2 is 1.94 bits per heavy atom. The van der Waals surface area contributed by atoms with E-state index in [9.17, 15) is 9.59 Å². The van der Waals surface area contributed by atoms with Crippen LogP contribution in [-0.2, 0) is 9.59 Å². The summed E-state index contributed by atoms with van der Waals surface area (Å²) in [5.41, 5.74) is 0.447. The molecular weight excluding hydrogens is 236 g/mol. The van der Waals surface area contributed by atoms with E-state index in [1.807, 2.05) is 0 Å². The van der Waals surface area contributed by atoms with Crippen molar-refractivity contribution in [3.63, 3.8) is 0 Å². The molecule has 0 aliphatic heterocycles. The van der Waals surface area contributed by atoms with Crippen LogP contribution in [0, 0.1) is 0 Å². The number of carboxylic acids is 2. The minimum absolute atomic E-state index is 0.128. The number of aliphatic carboxylic acids is 2. The Hall–Kier alpha value is -1.98. The second kappa shape index (κ2) is 7.37. The van der Waals surface area contributed by atoms with Crippen molar-refractivity contribution < 1.29 is 19.8 Å². The van der Waals surface area contributed by atoms with Crippen molar-refractivity contribution in [2.24, 2.45) is 0 Å². The number of hydrogen-bond acceptors (Lipinski definition) is 4. The molecule has 1 atom stereocenters. The van der Waals surface area contributed by atoms with E-state index in [2.05, 4.69) is 9.97 Å². The number of rotatable bonds is 8. The van der Waals surface area contributed by atoms with Gasteiger partial charge in [-0.3, -0.25) is 19.6 Å². The van der Waals surface area contributed by atoms with E-state index >= 15 is 0 Å². The fourth-order valence-corrected chi connectivity index (χ4v) is 1.69. The van der Waals surface area contributed by atoms with Crippen molar-refractivity contribution in [3.8, 4) is 0 Å². The summed E-state index contributed by atoms with van der Waals surface area (Å²) in [5, 5.41) is 17.6. The molecule has 0 aliphatic rings. The smallest absolute Gasteiger partial charge is 0.312 e. The molecular formula is C12H16N2O4. The van der Waals surface area contributed by atoms with Crippen LogP contribution in [0.25, 0.3) is 0 Å². The Labute approximate surface area is 105 Å². The van der Waals surface area contributed by atoms with Crippen LogP contribution in [0.3, 0.4) is 0 Å². The third kappa shape index (κ3) is 4.90. The van der Waals surface area contributed by atoms with Crippen LogP contribution in [0.1, 0.15) is 43.7 Å². The summed E-state index contributed by atoms with van der Waals surface area (Å²) in [6.45, 7) is 0. The lowest BCUT2D eigenvalue weighted by Gasteiger charge is -2.10. The molecule has 18 heavy (non-hydrogen) atoms. The molecule has 0 aliphatic carbocycles. The van der Waals surface area contributed by atoms with Gasteiger partial charge in [-0.2, -0.15) is 0 Å². The van der Waals surface area contributed by atoms with E-state index in [0.29, 0.717) is 31.4 Å². The molecule has 0 radical (unpaired) electrons. The SMILES string of the molecule is O=C(O)CCCCCC(C(=O)O)c1cnccn1. The van der Waals surface area contributed by atoms with Crippen LogP contribution in [0.5, 0.6) is 0 Å². The number of carbonyl (C=O) groups is 2. The van der Waals surface area contributed by atoms with Crippen LogP contribution in [0.4, 0.5) is 0 Å².